The van der Waals surface area contributed by atoms with E-state index in [4.69, 9.17) is 34.2 Å². The van der Waals surface area contributed by atoms with Gasteiger partial charge >= 0.3 is 12.1 Å². The number of anilines is 2. The maximum Gasteiger partial charge on any atom is 0.410 e. The molecular formula is C90H130N10O18. The summed E-state index contributed by atoms with van der Waals surface area (Å²) in [5.41, 5.74) is 10.2. The zero-order valence-electron chi connectivity index (χ0n) is 71.7. The van der Waals surface area contributed by atoms with E-state index in [0.29, 0.717) is 74.7 Å². The molecule has 1 saturated heterocycles. The van der Waals surface area contributed by atoms with E-state index in [9.17, 15) is 57.8 Å². The Balaban J connectivity index is 0.896. The van der Waals surface area contributed by atoms with Crippen LogP contribution in [0.2, 0.25) is 0 Å². The Morgan fingerprint density at radius 1 is 0.619 bits per heavy atom. The molecule has 2 aliphatic rings. The first-order chi connectivity index (χ1) is 56.4. The highest BCUT2D eigenvalue weighted by molar-refractivity contribution is 5.99. The van der Waals surface area contributed by atoms with E-state index in [-0.39, 0.29) is 174 Å². The van der Waals surface area contributed by atoms with Crippen molar-refractivity contribution in [2.45, 2.75) is 202 Å². The minimum atomic E-state index is -0.970. The van der Waals surface area contributed by atoms with E-state index in [1.165, 1.54) is 19.1 Å². The fourth-order valence-electron chi connectivity index (χ4n) is 15.1. The maximum atomic E-state index is 14.9. The molecule has 28 nitrogen and oxygen atoms in total. The Hall–Kier alpha value is -9.63. The number of rotatable bonds is 51. The molecular weight excluding hydrogens is 1510 g/mol. The average Bonchev–Trinajstić information content (AvgIpc) is 1.26. The molecule has 6 rings (SSSR count). The van der Waals surface area contributed by atoms with Gasteiger partial charge in [0.1, 0.15) is 6.61 Å². The summed E-state index contributed by atoms with van der Waals surface area (Å²) in [5.74, 6) is 0.176. The lowest BCUT2D eigenvalue weighted by atomic mass is 9.83. The second-order valence-corrected chi connectivity index (χ2v) is 32.0. The Morgan fingerprint density at radius 3 is 1.86 bits per heavy atom. The van der Waals surface area contributed by atoms with Gasteiger partial charge in [-0.15, -0.1) is 0 Å². The van der Waals surface area contributed by atoms with Gasteiger partial charge in [0, 0.05) is 114 Å². The van der Waals surface area contributed by atoms with Crippen molar-refractivity contribution in [1.29, 1.82) is 0 Å². The summed E-state index contributed by atoms with van der Waals surface area (Å²) < 4.78 is 34.3. The Kier molecular flexibility index (Phi) is 41.5. The molecule has 0 radical (unpaired) electrons. The highest BCUT2D eigenvalue weighted by Gasteiger charge is 2.43. The van der Waals surface area contributed by atoms with Crippen molar-refractivity contribution in [3.63, 3.8) is 0 Å². The standard InChI is InChI=1S/C90H130N10O18/c1-15-61(8)84(77(113-14)55-81(106)99-44-24-32-73(99)62(9)63(10)86(108)94-64(11)85(107)68-27-17-16-18-28-68)97(12)88(110)72(58(2)3)54-76(102)83(60(6)7)98(13)90(112)118-57-65-33-37-71(38-34-65)95-87(109)69(30-23-42-93-89(91)111)53-75(101)82(59(4)5)96-79(104)41-45-114-47-49-116-51-52-117-50-48-115-46-43-92-78(103)39-40-80(105)100-56-70-29-20-19-25-66(70)35-36-67-26-21-22-31-74(67)100/h16-22,25-29,31,33-34,37-38,58-64,69,72-73,77,82-85,107H,15,23-24,30,32,39-57H2,1-14H3,(H,92,103)(H,94,108)(H,95,109)(H,96,104)(H3,91,93,111)/t61-,62+,63+,64+,69+,72-,73-,77+,82-,83-,84-,85+/m0/s1. The molecule has 118 heavy (non-hydrogen) atoms. The van der Waals surface area contributed by atoms with Gasteiger partial charge in [0.15, 0.2) is 11.6 Å². The van der Waals surface area contributed by atoms with Crippen molar-refractivity contribution in [2.24, 2.45) is 53.1 Å². The number of Topliss-reactive ketones (excluding diaryl/α,β-unsaturated/α-hetero) is 2. The third-order valence-electron chi connectivity index (χ3n) is 22.4. The molecule has 0 aliphatic carbocycles. The number of likely N-dealkylation sites (N-methyl/N-ethyl adjacent to an activating group) is 2. The van der Waals surface area contributed by atoms with Crippen LogP contribution in [0, 0.1) is 59.2 Å². The van der Waals surface area contributed by atoms with Crippen LogP contribution in [0.15, 0.2) is 103 Å². The fourth-order valence-corrected chi connectivity index (χ4v) is 15.1. The molecule has 4 aromatic carbocycles. The van der Waals surface area contributed by atoms with Gasteiger partial charge in [-0.1, -0.05) is 160 Å². The number of ether oxygens (including phenoxy) is 6. The number of primary amides is 1. The van der Waals surface area contributed by atoms with Crippen molar-refractivity contribution < 1.29 is 86.3 Å². The number of hydrogen-bond acceptors (Lipinski definition) is 18. The number of methoxy groups -OCH3 is 1. The van der Waals surface area contributed by atoms with Gasteiger partial charge in [0.2, 0.25) is 41.4 Å². The maximum absolute atomic E-state index is 14.9. The quantitative estimate of drug-likeness (QED) is 0.0160. The number of likely N-dealkylation sites (tertiary alicyclic amines) is 1. The highest BCUT2D eigenvalue weighted by Crippen LogP contribution is 2.34. The van der Waals surface area contributed by atoms with E-state index >= 15 is 0 Å². The molecule has 8 N–H and O–H groups in total. The second-order valence-electron chi connectivity index (χ2n) is 32.0. The molecule has 0 spiro atoms. The van der Waals surface area contributed by atoms with Gasteiger partial charge in [-0.3, -0.25) is 43.2 Å². The summed E-state index contributed by atoms with van der Waals surface area (Å²) in [7, 11) is 4.71. The number of urea groups is 1. The van der Waals surface area contributed by atoms with Crippen LogP contribution in [0.4, 0.5) is 21.0 Å². The molecule has 2 heterocycles. The molecule has 1 fully saturated rings. The van der Waals surface area contributed by atoms with Gasteiger partial charge < -0.3 is 85.4 Å². The lowest BCUT2D eigenvalue weighted by Gasteiger charge is -2.41. The summed E-state index contributed by atoms with van der Waals surface area (Å²) in [6, 6.07) is 26.9. The van der Waals surface area contributed by atoms with Crippen LogP contribution in [0.5, 0.6) is 0 Å². The van der Waals surface area contributed by atoms with Crippen molar-refractivity contribution in [1.82, 2.24) is 36.0 Å². The van der Waals surface area contributed by atoms with Gasteiger partial charge in [0.05, 0.1) is 108 Å². The predicted octanol–water partition coefficient (Wildman–Crippen LogP) is 9.69. The Morgan fingerprint density at radius 2 is 1.24 bits per heavy atom. The molecule has 0 bridgehead atoms. The van der Waals surface area contributed by atoms with Crippen molar-refractivity contribution in [3.05, 3.63) is 131 Å². The monoisotopic (exact) mass is 1640 g/mol. The number of amides is 10. The van der Waals surface area contributed by atoms with E-state index in [0.717, 1.165) is 23.1 Å². The minimum Gasteiger partial charge on any atom is -0.445 e. The van der Waals surface area contributed by atoms with E-state index in [1.54, 1.807) is 61.9 Å². The molecule has 0 aromatic heterocycles. The zero-order chi connectivity index (χ0) is 86.5. The highest BCUT2D eigenvalue weighted by atomic mass is 16.6. The number of nitrogens with zero attached hydrogens (tertiary/aromatic N) is 4. The molecule has 0 unspecified atom stereocenters. The minimum absolute atomic E-state index is 0.0236. The number of aliphatic hydroxyl groups excluding tert-OH is 1. The lowest BCUT2D eigenvalue weighted by molar-refractivity contribution is -0.148. The summed E-state index contributed by atoms with van der Waals surface area (Å²) >= 11 is 0. The third kappa shape index (κ3) is 30.6. The van der Waals surface area contributed by atoms with Gasteiger partial charge in [-0.05, 0) is 109 Å². The largest absolute Gasteiger partial charge is 0.445 e. The number of carbonyl (C=O) groups is 11. The molecule has 0 saturated carbocycles. The van der Waals surface area contributed by atoms with Crippen LogP contribution in [-0.4, -0.2) is 215 Å². The summed E-state index contributed by atoms with van der Waals surface area (Å²) in [6.07, 6.45) is -0.192. The average molecular weight is 1640 g/mol. The van der Waals surface area contributed by atoms with Gasteiger partial charge in [-0.25, -0.2) is 9.59 Å². The number of fused-ring (bicyclic) bond motifs is 2. The SMILES string of the molecule is CC[C@H](C)[C@@H]([C@@H](CC(=O)N1CCC[C@H]1[C@H](C)[C@@H](C)C(=O)N[C@H](C)[C@@H](O)c1ccccc1)OC)N(C)C(=O)[C@@H](CC(=O)[C@H](C(C)C)N(C)C(=O)OCc1ccc(NC(=O)[C@H](CCCNC(N)=O)CC(=O)[C@@H](NC(=O)CCOCCOCCOCCOCCNC(=O)CCC(=O)N2Cc3ccccc3C#Cc3ccccc32)C(C)C)cc1)C(C)C. The van der Waals surface area contributed by atoms with Crippen LogP contribution in [0.1, 0.15) is 181 Å². The number of ketones is 2. The van der Waals surface area contributed by atoms with Crippen LogP contribution in [0.25, 0.3) is 0 Å². The van der Waals surface area contributed by atoms with Crippen molar-refractivity contribution >= 4 is 76.4 Å². The first kappa shape index (κ1) is 97.2. The fraction of sp³-hybridized carbons (Fsp3) is 0.589. The van der Waals surface area contributed by atoms with E-state index < -0.39 is 78.1 Å². The molecule has 2 aliphatic heterocycles. The van der Waals surface area contributed by atoms with Crippen molar-refractivity contribution in [2.75, 3.05) is 104 Å². The smallest absolute Gasteiger partial charge is 0.410 e. The van der Waals surface area contributed by atoms with Crippen molar-refractivity contribution in [3.8, 4) is 11.8 Å². The predicted molar refractivity (Wildman–Crippen MR) is 450 cm³/mol. The number of nitrogens with one attached hydrogen (secondary N) is 5. The third-order valence-corrected chi connectivity index (χ3v) is 22.4. The number of hydrogen-bond donors (Lipinski definition) is 7. The number of aliphatic hydroxyl groups is 1. The topological polar surface area (TPSA) is 363 Å². The first-order valence-electron chi connectivity index (χ1n) is 41.7. The Labute approximate surface area is 697 Å². The number of carbonyl (C=O) groups excluding carboxylic acids is 11. The Bertz CT molecular complexity index is 3960. The number of para-hydroxylation sites is 1. The van der Waals surface area contributed by atoms with Crippen LogP contribution in [-0.2, 0) is 84.7 Å². The van der Waals surface area contributed by atoms with E-state index in [1.807, 2.05) is 139 Å². The molecule has 4 aromatic rings. The zero-order valence-corrected chi connectivity index (χ0v) is 71.7. The first-order valence-corrected chi connectivity index (χ1v) is 41.7. The number of benzene rings is 4. The number of nitrogens with two attached hydrogens (primary N) is 1. The molecule has 10 amide bonds. The second kappa shape index (κ2) is 50.3. The van der Waals surface area contributed by atoms with E-state index in [2.05, 4.69) is 38.4 Å². The summed E-state index contributed by atoms with van der Waals surface area (Å²) in [4.78, 5) is 157. The van der Waals surface area contributed by atoms with Crippen LogP contribution < -0.4 is 37.2 Å². The molecule has 28 heteroatoms. The summed E-state index contributed by atoms with van der Waals surface area (Å²) in [5, 5.41) is 25.0. The van der Waals surface area contributed by atoms with Gasteiger partial charge in [0.25, 0.3) is 0 Å². The van der Waals surface area contributed by atoms with Crippen LogP contribution in [0.3, 0.4) is 0 Å². The lowest BCUT2D eigenvalue weighted by Crippen LogP contribution is -2.54. The normalized spacial score (nSPS) is 15.9. The van der Waals surface area contributed by atoms with Gasteiger partial charge in [-0.2, -0.15) is 0 Å². The molecule has 648 valence electrons. The summed E-state index contributed by atoms with van der Waals surface area (Å²) in [6.45, 7) is 23.6. The van der Waals surface area contributed by atoms with Crippen LogP contribution >= 0.6 is 0 Å². The molecule has 12 atom stereocenters.